The molecule has 1 aliphatic rings. The van der Waals surface area contributed by atoms with Crippen LogP contribution in [-0.2, 0) is 42.7 Å². The van der Waals surface area contributed by atoms with Crippen LogP contribution in [0, 0.1) is 18.8 Å². The molecule has 0 spiro atoms. The van der Waals surface area contributed by atoms with Crippen LogP contribution in [0.15, 0.2) is 134 Å². The number of aromatic nitrogens is 2. The van der Waals surface area contributed by atoms with Crippen molar-refractivity contribution in [2.24, 2.45) is 0 Å². The minimum absolute atomic E-state index is 0. The fraction of sp³-hybridized carbons (Fsp3) is 0.276. The van der Waals surface area contributed by atoms with Crippen LogP contribution >= 0.6 is 0 Å². The van der Waals surface area contributed by atoms with Crippen molar-refractivity contribution in [2.45, 2.75) is 105 Å². The van der Waals surface area contributed by atoms with Crippen molar-refractivity contribution in [3.05, 3.63) is 175 Å². The summed E-state index contributed by atoms with van der Waals surface area (Å²) in [4.78, 5) is 9.49. The first-order chi connectivity index (χ1) is 29.7. The van der Waals surface area contributed by atoms with E-state index in [1.54, 1.807) is 0 Å². The van der Waals surface area contributed by atoms with Gasteiger partial charge in [-0.1, -0.05) is 149 Å². The third-order valence-electron chi connectivity index (χ3n) is 12.3. The minimum Gasteiger partial charge on any atom is -0.509 e. The second kappa shape index (κ2) is 16.4. The zero-order valence-electron chi connectivity index (χ0n) is 39.3. The first-order valence-corrected chi connectivity index (χ1v) is 22.2. The van der Waals surface area contributed by atoms with E-state index in [9.17, 15) is 0 Å². The van der Waals surface area contributed by atoms with Gasteiger partial charge in [-0.15, -0.1) is 48.1 Å². The third-order valence-corrected chi connectivity index (χ3v) is 12.3. The van der Waals surface area contributed by atoms with Gasteiger partial charge in [0.2, 0.25) is 0 Å². The van der Waals surface area contributed by atoms with Gasteiger partial charge in [-0.2, -0.15) is 12.1 Å². The zero-order chi connectivity index (χ0) is 44.6. The van der Waals surface area contributed by atoms with E-state index in [-0.39, 0.29) is 42.7 Å². The Morgan fingerprint density at radius 3 is 1.88 bits per heavy atom. The Balaban J connectivity index is 0.00000560. The maximum absolute atomic E-state index is 6.70. The molecule has 0 amide bonds. The molecule has 1 aliphatic heterocycles. The molecule has 0 bridgehead atoms. The standard InChI is InChI=1S/C58H59N4O.Pt/c1-55(2,3)39-19-15-18-38(30-39)47-23-17-25-51-54(47)61(44-32-41(57(7,8)9)31-42(33-44)58(10,11)12)37-60(51)43-20-16-21-45(35-43)63-46-26-27-49-48-22-13-14-24-50(48)62(52(49)36-46)53-34-40(28-29-59-53)56(4,5)6;/h13-34,37H,1-12H3;/q-3;. The van der Waals surface area contributed by atoms with E-state index >= 15 is 0 Å². The summed E-state index contributed by atoms with van der Waals surface area (Å²) in [5.41, 5.74) is 13.6. The van der Waals surface area contributed by atoms with Crippen molar-refractivity contribution in [1.29, 1.82) is 0 Å². The molecule has 3 heterocycles. The van der Waals surface area contributed by atoms with Crippen LogP contribution < -0.4 is 14.5 Å². The molecule has 0 saturated heterocycles. The molecule has 5 nitrogen and oxygen atoms in total. The van der Waals surface area contributed by atoms with Crippen molar-refractivity contribution < 1.29 is 25.8 Å². The Bertz CT molecular complexity index is 2990. The Hall–Kier alpha value is -5.64. The van der Waals surface area contributed by atoms with Crippen LogP contribution in [0.2, 0.25) is 0 Å². The minimum atomic E-state index is -0.0420. The summed E-state index contributed by atoms with van der Waals surface area (Å²) in [6.45, 7) is 29.5. The maximum Gasteiger partial charge on any atom is 0.135 e. The topological polar surface area (TPSA) is 33.5 Å². The SMILES string of the molecule is CC(C)(C)c1cccc(-c2cccc3c2N(c2cc(C(C)(C)C)cc(C(C)(C)C)c2)[CH-]N3c2[c-]c(Oc3[c-]c4c(cc3)c3ccccc3n4-c3cc(C(C)(C)C)ccn3)ccc2)c1.[Pt]. The van der Waals surface area contributed by atoms with Crippen molar-refractivity contribution >= 4 is 44.6 Å². The monoisotopic (exact) mass is 1020 g/mol. The summed E-state index contributed by atoms with van der Waals surface area (Å²) in [7, 11) is 0. The van der Waals surface area contributed by atoms with Crippen LogP contribution in [0.1, 0.15) is 105 Å². The van der Waals surface area contributed by atoms with E-state index < -0.39 is 0 Å². The second-order valence-corrected chi connectivity index (χ2v) is 21.2. The van der Waals surface area contributed by atoms with Crippen molar-refractivity contribution in [3.63, 3.8) is 0 Å². The van der Waals surface area contributed by atoms with E-state index in [2.05, 4.69) is 225 Å². The van der Waals surface area contributed by atoms with Crippen LogP contribution in [0.25, 0.3) is 38.8 Å². The molecule has 0 atom stereocenters. The first kappa shape index (κ1) is 44.9. The van der Waals surface area contributed by atoms with Crippen molar-refractivity contribution in [1.82, 2.24) is 9.55 Å². The predicted molar refractivity (Wildman–Crippen MR) is 264 cm³/mol. The number of benzene rings is 6. The fourth-order valence-electron chi connectivity index (χ4n) is 8.54. The second-order valence-electron chi connectivity index (χ2n) is 21.2. The van der Waals surface area contributed by atoms with E-state index in [0.717, 1.165) is 50.4 Å². The van der Waals surface area contributed by atoms with Gasteiger partial charge in [-0.3, -0.25) is 0 Å². The molecule has 0 aliphatic carbocycles. The number of pyridine rings is 1. The number of hydrogen-bond acceptors (Lipinski definition) is 4. The molecule has 0 radical (unpaired) electrons. The molecular formula is C58H59N4OPt-3. The number of anilines is 4. The summed E-state index contributed by atoms with van der Waals surface area (Å²) >= 11 is 0. The number of para-hydroxylation sites is 2. The van der Waals surface area contributed by atoms with Gasteiger partial charge < -0.3 is 19.1 Å². The maximum atomic E-state index is 6.70. The van der Waals surface area contributed by atoms with Gasteiger partial charge in [0.15, 0.2) is 0 Å². The van der Waals surface area contributed by atoms with Crippen LogP contribution in [0.5, 0.6) is 11.5 Å². The number of nitrogens with zero attached hydrogens (tertiary/aromatic N) is 4. The summed E-state index contributed by atoms with van der Waals surface area (Å²) in [5, 5.41) is 2.24. The third kappa shape index (κ3) is 8.52. The largest absolute Gasteiger partial charge is 0.509 e. The molecule has 0 N–H and O–H groups in total. The van der Waals surface area contributed by atoms with Crippen molar-refractivity contribution in [3.8, 4) is 28.4 Å². The van der Waals surface area contributed by atoms with E-state index in [1.165, 1.54) is 33.4 Å². The van der Waals surface area contributed by atoms with Crippen molar-refractivity contribution in [2.75, 3.05) is 9.80 Å². The number of rotatable bonds is 6. The molecular weight excluding hydrogens is 964 g/mol. The van der Waals surface area contributed by atoms with Gasteiger partial charge in [0.1, 0.15) is 5.82 Å². The van der Waals surface area contributed by atoms with Gasteiger partial charge in [0.25, 0.3) is 0 Å². The molecule has 9 rings (SSSR count). The summed E-state index contributed by atoms with van der Waals surface area (Å²) < 4.78 is 8.90. The normalized spacial score (nSPS) is 13.4. The van der Waals surface area contributed by atoms with Crippen LogP contribution in [0.3, 0.4) is 0 Å². The molecule has 0 saturated carbocycles. The Morgan fingerprint density at radius 2 is 1.17 bits per heavy atom. The molecule has 0 fully saturated rings. The first-order valence-electron chi connectivity index (χ1n) is 22.2. The Labute approximate surface area is 395 Å². The number of hydrogen-bond donors (Lipinski definition) is 0. The average molecular weight is 1020 g/mol. The predicted octanol–water partition coefficient (Wildman–Crippen LogP) is 15.8. The number of ether oxygens (including phenoxy) is 1. The molecule has 8 aromatic rings. The molecule has 6 aromatic carbocycles. The summed E-state index contributed by atoms with van der Waals surface area (Å²) in [6, 6.07) is 53.1. The van der Waals surface area contributed by atoms with E-state index in [0.29, 0.717) is 11.5 Å². The smallest absolute Gasteiger partial charge is 0.135 e. The van der Waals surface area contributed by atoms with Crippen LogP contribution in [0.4, 0.5) is 22.7 Å². The number of fused-ring (bicyclic) bond motifs is 4. The average Bonchev–Trinajstić information content (AvgIpc) is 3.79. The molecule has 330 valence electrons. The summed E-state index contributed by atoms with van der Waals surface area (Å²) in [6.07, 6.45) is 1.91. The zero-order valence-corrected chi connectivity index (χ0v) is 41.6. The van der Waals surface area contributed by atoms with E-state index in [4.69, 9.17) is 9.72 Å². The molecule has 64 heavy (non-hydrogen) atoms. The van der Waals surface area contributed by atoms with Gasteiger partial charge >= 0.3 is 0 Å². The van der Waals surface area contributed by atoms with Gasteiger partial charge in [-0.05, 0) is 91.3 Å². The fourth-order valence-corrected chi connectivity index (χ4v) is 8.54. The Morgan fingerprint density at radius 1 is 0.531 bits per heavy atom. The van der Waals surface area contributed by atoms with E-state index in [1.807, 2.05) is 24.4 Å². The van der Waals surface area contributed by atoms with Gasteiger partial charge in [-0.25, -0.2) is 4.98 Å². The molecule has 6 heteroatoms. The molecule has 2 aromatic heterocycles. The summed E-state index contributed by atoms with van der Waals surface area (Å²) in [5.74, 6) is 2.07. The quantitative estimate of drug-likeness (QED) is 0.155. The van der Waals surface area contributed by atoms with Gasteiger partial charge in [0.05, 0.1) is 0 Å². The van der Waals surface area contributed by atoms with Gasteiger partial charge in [0, 0.05) is 66.9 Å². The Kier molecular flexibility index (Phi) is 11.5. The molecule has 0 unspecified atom stereocenters. The van der Waals surface area contributed by atoms with Crippen LogP contribution in [-0.4, -0.2) is 9.55 Å².